The molecule has 3 nitrogen and oxygen atoms in total. The van der Waals surface area contributed by atoms with Gasteiger partial charge in [-0.25, -0.2) is 0 Å². The van der Waals surface area contributed by atoms with Crippen LogP contribution in [0, 0.1) is 0 Å². The average Bonchev–Trinajstić information content (AvgIpc) is 3.05. The Labute approximate surface area is 140 Å². The number of hydrogen-bond donors (Lipinski definition) is 0. The van der Waals surface area contributed by atoms with Gasteiger partial charge in [0, 0.05) is 12.1 Å². The molecule has 0 saturated carbocycles. The van der Waals surface area contributed by atoms with Crippen molar-refractivity contribution in [3.8, 4) is 5.75 Å². The van der Waals surface area contributed by atoms with Gasteiger partial charge in [-0.1, -0.05) is 30.3 Å². The molecule has 2 aromatic carbocycles. The molecule has 0 spiro atoms. The van der Waals surface area contributed by atoms with E-state index in [-0.39, 0.29) is 5.92 Å². The van der Waals surface area contributed by atoms with E-state index in [9.17, 15) is 22.0 Å². The lowest BCUT2D eigenvalue weighted by molar-refractivity contribution is -0.360. The number of hydrazone groups is 1. The molecular formula is C17H13F5N2O. The highest BCUT2D eigenvalue weighted by molar-refractivity contribution is 5.74. The van der Waals surface area contributed by atoms with Crippen molar-refractivity contribution in [3.05, 3.63) is 60.2 Å². The van der Waals surface area contributed by atoms with E-state index in [0.717, 1.165) is 17.7 Å². The van der Waals surface area contributed by atoms with Crippen LogP contribution >= 0.6 is 0 Å². The van der Waals surface area contributed by atoms with Gasteiger partial charge in [0.05, 0.1) is 12.2 Å². The third kappa shape index (κ3) is 3.72. The molecule has 0 bridgehead atoms. The molecule has 1 heterocycles. The van der Waals surface area contributed by atoms with Crippen molar-refractivity contribution in [2.75, 3.05) is 11.6 Å². The standard InChI is InChI=1S/C17H13F5N2O/c18-16(19,20)17(21,22)25-15-8-6-14(7-9-15)24-11-13(10-23-24)12-4-2-1-3-5-12/h1-10,13H,11H2. The summed E-state index contributed by atoms with van der Waals surface area (Å²) >= 11 is 0. The third-order valence-corrected chi connectivity index (χ3v) is 3.69. The lowest BCUT2D eigenvalue weighted by Gasteiger charge is -2.21. The van der Waals surface area contributed by atoms with Crippen LogP contribution < -0.4 is 9.75 Å². The quantitative estimate of drug-likeness (QED) is 0.735. The fourth-order valence-electron chi connectivity index (χ4n) is 2.40. The molecule has 0 radical (unpaired) electrons. The Morgan fingerprint density at radius 2 is 1.56 bits per heavy atom. The number of benzene rings is 2. The summed E-state index contributed by atoms with van der Waals surface area (Å²) in [5.74, 6) is -0.499. The summed E-state index contributed by atoms with van der Waals surface area (Å²) in [7, 11) is 0. The second kappa shape index (κ2) is 6.34. The van der Waals surface area contributed by atoms with Crippen LogP contribution in [0.3, 0.4) is 0 Å². The predicted molar refractivity (Wildman–Crippen MR) is 83.1 cm³/mol. The fourth-order valence-corrected chi connectivity index (χ4v) is 2.40. The highest BCUT2D eigenvalue weighted by atomic mass is 19.4. The van der Waals surface area contributed by atoms with Crippen LogP contribution in [0.2, 0.25) is 0 Å². The van der Waals surface area contributed by atoms with E-state index in [2.05, 4.69) is 9.84 Å². The predicted octanol–water partition coefficient (Wildman–Crippen LogP) is 4.81. The van der Waals surface area contributed by atoms with Crippen LogP contribution in [0.5, 0.6) is 5.75 Å². The summed E-state index contributed by atoms with van der Waals surface area (Å²) in [6.07, 6.45) is -9.25. The van der Waals surface area contributed by atoms with Gasteiger partial charge in [0.1, 0.15) is 5.75 Å². The Morgan fingerprint density at radius 3 is 2.16 bits per heavy atom. The summed E-state index contributed by atoms with van der Waals surface area (Å²) in [5.41, 5.74) is 1.65. The zero-order chi connectivity index (χ0) is 18.1. The van der Waals surface area contributed by atoms with Crippen LogP contribution in [0.4, 0.5) is 27.6 Å². The summed E-state index contributed by atoms with van der Waals surface area (Å²) in [5, 5.41) is 5.89. The van der Waals surface area contributed by atoms with Crippen LogP contribution in [-0.2, 0) is 0 Å². The Kier molecular flexibility index (Phi) is 4.36. The third-order valence-electron chi connectivity index (χ3n) is 3.69. The van der Waals surface area contributed by atoms with Gasteiger partial charge in [-0.3, -0.25) is 5.01 Å². The monoisotopic (exact) mass is 356 g/mol. The van der Waals surface area contributed by atoms with Crippen LogP contribution in [0.1, 0.15) is 11.5 Å². The molecular weight excluding hydrogens is 343 g/mol. The molecule has 1 unspecified atom stereocenters. The Hall–Kier alpha value is -2.64. The maximum atomic E-state index is 12.9. The molecule has 3 rings (SSSR count). The molecule has 1 atom stereocenters. The highest BCUT2D eigenvalue weighted by Gasteiger charge is 2.61. The maximum Gasteiger partial charge on any atom is 0.499 e. The molecule has 2 aromatic rings. The van der Waals surface area contributed by atoms with Crippen molar-refractivity contribution in [2.45, 2.75) is 18.2 Å². The van der Waals surface area contributed by atoms with E-state index in [4.69, 9.17) is 0 Å². The van der Waals surface area contributed by atoms with E-state index in [1.165, 1.54) is 12.1 Å². The lowest BCUT2D eigenvalue weighted by Crippen LogP contribution is -2.41. The van der Waals surface area contributed by atoms with Crippen molar-refractivity contribution in [2.24, 2.45) is 5.10 Å². The molecule has 0 N–H and O–H groups in total. The largest absolute Gasteiger partial charge is 0.499 e. The molecule has 132 valence electrons. The number of halogens is 5. The second-order valence-corrected chi connectivity index (χ2v) is 5.47. The Morgan fingerprint density at radius 1 is 0.920 bits per heavy atom. The van der Waals surface area contributed by atoms with Crippen LogP contribution in [0.25, 0.3) is 0 Å². The smallest absolute Gasteiger partial charge is 0.426 e. The first-order valence-electron chi connectivity index (χ1n) is 7.36. The van der Waals surface area contributed by atoms with E-state index < -0.39 is 18.0 Å². The number of nitrogens with zero attached hydrogens (tertiary/aromatic N) is 2. The number of alkyl halides is 5. The van der Waals surface area contributed by atoms with E-state index >= 15 is 0 Å². The normalized spacial score (nSPS) is 17.8. The van der Waals surface area contributed by atoms with Crippen molar-refractivity contribution in [1.29, 1.82) is 0 Å². The molecule has 0 aromatic heterocycles. The molecule has 8 heteroatoms. The van der Waals surface area contributed by atoms with Gasteiger partial charge in [0.2, 0.25) is 0 Å². The zero-order valence-electron chi connectivity index (χ0n) is 12.8. The Balaban J connectivity index is 1.67. The van der Waals surface area contributed by atoms with Crippen molar-refractivity contribution in [1.82, 2.24) is 0 Å². The molecule has 0 aliphatic carbocycles. The van der Waals surface area contributed by atoms with Crippen molar-refractivity contribution < 1.29 is 26.7 Å². The van der Waals surface area contributed by atoms with Gasteiger partial charge < -0.3 is 4.74 Å². The van der Waals surface area contributed by atoms with Crippen LogP contribution in [0.15, 0.2) is 59.7 Å². The van der Waals surface area contributed by atoms with Crippen molar-refractivity contribution >= 4 is 11.9 Å². The topological polar surface area (TPSA) is 24.8 Å². The number of ether oxygens (including phenoxy) is 1. The van der Waals surface area contributed by atoms with Gasteiger partial charge in [0.15, 0.2) is 0 Å². The first-order valence-corrected chi connectivity index (χ1v) is 7.36. The molecule has 1 aliphatic heterocycles. The molecule has 0 saturated heterocycles. The van der Waals surface area contributed by atoms with Crippen LogP contribution in [-0.4, -0.2) is 25.0 Å². The first kappa shape index (κ1) is 17.2. The minimum atomic E-state index is -5.77. The zero-order valence-corrected chi connectivity index (χ0v) is 12.8. The fraction of sp³-hybridized carbons (Fsp3) is 0.235. The number of rotatable bonds is 4. The molecule has 0 fully saturated rings. The summed E-state index contributed by atoms with van der Waals surface area (Å²) in [4.78, 5) is 0. The highest BCUT2D eigenvalue weighted by Crippen LogP contribution is 2.37. The summed E-state index contributed by atoms with van der Waals surface area (Å²) < 4.78 is 65.9. The Bertz CT molecular complexity index is 744. The van der Waals surface area contributed by atoms with E-state index in [1.54, 1.807) is 11.2 Å². The minimum absolute atomic E-state index is 0.0756. The van der Waals surface area contributed by atoms with Gasteiger partial charge in [-0.05, 0) is 29.8 Å². The van der Waals surface area contributed by atoms with E-state index in [0.29, 0.717) is 12.2 Å². The lowest BCUT2D eigenvalue weighted by atomic mass is 10.0. The second-order valence-electron chi connectivity index (χ2n) is 5.47. The van der Waals surface area contributed by atoms with Gasteiger partial charge >= 0.3 is 12.3 Å². The first-order chi connectivity index (χ1) is 11.8. The van der Waals surface area contributed by atoms with Gasteiger partial charge in [-0.15, -0.1) is 0 Å². The number of hydrogen-bond acceptors (Lipinski definition) is 3. The maximum absolute atomic E-state index is 12.9. The molecule has 0 amide bonds. The van der Waals surface area contributed by atoms with Gasteiger partial charge in [-0.2, -0.15) is 27.1 Å². The summed E-state index contributed by atoms with van der Waals surface area (Å²) in [6, 6.07) is 14.5. The molecule has 1 aliphatic rings. The minimum Gasteiger partial charge on any atom is -0.426 e. The van der Waals surface area contributed by atoms with E-state index in [1.807, 2.05) is 30.3 Å². The molecule has 25 heavy (non-hydrogen) atoms. The SMILES string of the molecule is FC(F)(F)C(F)(F)Oc1ccc(N2CC(c3ccccc3)C=N2)cc1. The average molecular weight is 356 g/mol. The van der Waals surface area contributed by atoms with Gasteiger partial charge in [0.25, 0.3) is 0 Å². The van der Waals surface area contributed by atoms with Crippen molar-refractivity contribution in [3.63, 3.8) is 0 Å². The summed E-state index contributed by atoms with van der Waals surface area (Å²) in [6.45, 7) is 0.545. The number of anilines is 1.